The van der Waals surface area contributed by atoms with Crippen LogP contribution in [-0.4, -0.2) is 19.5 Å². The van der Waals surface area contributed by atoms with Gasteiger partial charge in [-0.2, -0.15) is 0 Å². The van der Waals surface area contributed by atoms with Crippen molar-refractivity contribution in [1.29, 1.82) is 0 Å². The van der Waals surface area contributed by atoms with E-state index in [2.05, 4.69) is 38.5 Å². The number of hydrogen-bond donors (Lipinski definition) is 1. The predicted octanol–water partition coefficient (Wildman–Crippen LogP) is 3.73. The van der Waals surface area contributed by atoms with Crippen molar-refractivity contribution in [3.63, 3.8) is 0 Å². The standard InChI is InChI=1S/C14H10BrIO4S/c15-13-6-5-11(7-12(13)14(17)18)21(19,20)8-9-1-3-10(16)4-2-9/h1-7H,8H2,(H,17,18). The molecule has 0 aliphatic rings. The summed E-state index contributed by atoms with van der Waals surface area (Å²) in [4.78, 5) is 11.1. The molecule has 0 heterocycles. The Hall–Kier alpha value is -0.930. The number of benzene rings is 2. The number of hydrogen-bond acceptors (Lipinski definition) is 3. The van der Waals surface area contributed by atoms with Crippen LogP contribution in [0, 0.1) is 3.57 Å². The Morgan fingerprint density at radius 2 is 1.76 bits per heavy atom. The van der Waals surface area contributed by atoms with Gasteiger partial charge >= 0.3 is 5.97 Å². The molecule has 0 aliphatic carbocycles. The zero-order valence-corrected chi connectivity index (χ0v) is 15.1. The van der Waals surface area contributed by atoms with Crippen LogP contribution < -0.4 is 0 Å². The second-order valence-electron chi connectivity index (χ2n) is 4.33. The largest absolute Gasteiger partial charge is 0.478 e. The van der Waals surface area contributed by atoms with Crippen LogP contribution in [0.25, 0.3) is 0 Å². The molecule has 0 radical (unpaired) electrons. The maximum Gasteiger partial charge on any atom is 0.336 e. The molecule has 2 rings (SSSR count). The molecule has 0 saturated heterocycles. The minimum absolute atomic E-state index is 0.00153. The summed E-state index contributed by atoms with van der Waals surface area (Å²) in [6.45, 7) is 0. The van der Waals surface area contributed by atoms with E-state index in [4.69, 9.17) is 5.11 Å². The van der Waals surface area contributed by atoms with E-state index in [1.54, 1.807) is 12.1 Å². The van der Waals surface area contributed by atoms with Gasteiger partial charge in [0, 0.05) is 8.04 Å². The summed E-state index contributed by atoms with van der Waals surface area (Å²) in [5.41, 5.74) is 0.592. The molecule has 0 spiro atoms. The van der Waals surface area contributed by atoms with Crippen LogP contribution in [0.1, 0.15) is 15.9 Å². The van der Waals surface area contributed by atoms with Gasteiger partial charge in [-0.05, 0) is 74.4 Å². The molecular weight excluding hydrogens is 471 g/mol. The average molecular weight is 481 g/mol. The van der Waals surface area contributed by atoms with Crippen LogP contribution in [0.5, 0.6) is 0 Å². The lowest BCUT2D eigenvalue weighted by molar-refractivity contribution is 0.0695. The van der Waals surface area contributed by atoms with Crippen molar-refractivity contribution in [3.05, 3.63) is 61.6 Å². The molecule has 4 nitrogen and oxygen atoms in total. The third-order valence-electron chi connectivity index (χ3n) is 2.80. The van der Waals surface area contributed by atoms with E-state index in [-0.39, 0.29) is 16.2 Å². The molecule has 0 aromatic heterocycles. The average Bonchev–Trinajstić information content (AvgIpc) is 2.41. The van der Waals surface area contributed by atoms with Crippen molar-refractivity contribution < 1.29 is 18.3 Å². The lowest BCUT2D eigenvalue weighted by atomic mass is 10.2. The predicted molar refractivity (Wildman–Crippen MR) is 91.2 cm³/mol. The molecule has 0 fully saturated rings. The first kappa shape index (κ1) is 16.4. The van der Waals surface area contributed by atoms with Crippen LogP contribution >= 0.6 is 38.5 Å². The molecule has 0 aliphatic heterocycles. The van der Waals surface area contributed by atoms with Gasteiger partial charge in [0.2, 0.25) is 0 Å². The highest BCUT2D eigenvalue weighted by Gasteiger charge is 2.19. The van der Waals surface area contributed by atoms with Gasteiger partial charge in [0.1, 0.15) is 0 Å². The minimum Gasteiger partial charge on any atom is -0.478 e. The lowest BCUT2D eigenvalue weighted by Crippen LogP contribution is -2.07. The number of carboxylic acids is 1. The zero-order chi connectivity index (χ0) is 15.6. The number of sulfone groups is 1. The first-order chi connectivity index (χ1) is 9.79. The highest BCUT2D eigenvalue weighted by atomic mass is 127. The van der Waals surface area contributed by atoms with E-state index in [0.29, 0.717) is 10.0 Å². The molecule has 0 amide bonds. The molecule has 2 aromatic rings. The summed E-state index contributed by atoms with van der Waals surface area (Å²) in [6.07, 6.45) is 0. The highest BCUT2D eigenvalue weighted by Crippen LogP contribution is 2.23. The van der Waals surface area contributed by atoms with Gasteiger partial charge in [0.15, 0.2) is 9.84 Å². The number of aromatic carboxylic acids is 1. The van der Waals surface area contributed by atoms with E-state index in [0.717, 1.165) is 3.57 Å². The van der Waals surface area contributed by atoms with Crippen LogP contribution in [0.2, 0.25) is 0 Å². The van der Waals surface area contributed by atoms with Crippen molar-refractivity contribution in [2.24, 2.45) is 0 Å². The van der Waals surface area contributed by atoms with Crippen LogP contribution in [0.15, 0.2) is 51.8 Å². The molecule has 2 aromatic carbocycles. The van der Waals surface area contributed by atoms with Gasteiger partial charge < -0.3 is 5.11 Å². The van der Waals surface area contributed by atoms with Crippen molar-refractivity contribution in [2.75, 3.05) is 0 Å². The van der Waals surface area contributed by atoms with Gasteiger partial charge in [0.05, 0.1) is 16.2 Å². The maximum absolute atomic E-state index is 12.4. The molecular formula is C14H10BrIO4S. The summed E-state index contributed by atoms with van der Waals surface area (Å²) in [6, 6.07) is 11.2. The third kappa shape index (κ3) is 4.04. The number of carbonyl (C=O) groups is 1. The van der Waals surface area contributed by atoms with Crippen LogP contribution in [0.3, 0.4) is 0 Å². The van der Waals surface area contributed by atoms with E-state index in [1.807, 2.05) is 12.1 Å². The molecule has 0 saturated carbocycles. The third-order valence-corrected chi connectivity index (χ3v) is 5.89. The topological polar surface area (TPSA) is 71.4 Å². The van der Waals surface area contributed by atoms with E-state index in [1.165, 1.54) is 18.2 Å². The molecule has 0 atom stereocenters. The second kappa shape index (κ2) is 6.45. The smallest absolute Gasteiger partial charge is 0.336 e. The fraction of sp³-hybridized carbons (Fsp3) is 0.0714. The normalized spacial score (nSPS) is 11.3. The molecule has 7 heteroatoms. The van der Waals surface area contributed by atoms with Crippen molar-refractivity contribution in [1.82, 2.24) is 0 Å². The van der Waals surface area contributed by atoms with Gasteiger partial charge in [-0.1, -0.05) is 12.1 Å². The molecule has 1 N–H and O–H groups in total. The first-order valence-corrected chi connectivity index (χ1v) is 9.32. The van der Waals surface area contributed by atoms with Gasteiger partial charge in [-0.15, -0.1) is 0 Å². The fourth-order valence-corrected chi connectivity index (χ4v) is 3.89. The second-order valence-corrected chi connectivity index (χ2v) is 8.42. The van der Waals surface area contributed by atoms with Crippen LogP contribution in [0.4, 0.5) is 0 Å². The monoisotopic (exact) mass is 480 g/mol. The Bertz CT molecular complexity index is 785. The maximum atomic E-state index is 12.4. The summed E-state index contributed by atoms with van der Waals surface area (Å²) in [5.74, 6) is -1.34. The minimum atomic E-state index is -3.59. The summed E-state index contributed by atoms with van der Waals surface area (Å²) in [5, 5.41) is 9.05. The summed E-state index contributed by atoms with van der Waals surface area (Å²) >= 11 is 5.24. The Morgan fingerprint density at radius 3 is 2.33 bits per heavy atom. The number of halogens is 2. The molecule has 0 bridgehead atoms. The van der Waals surface area contributed by atoms with E-state index < -0.39 is 15.8 Å². The quantitative estimate of drug-likeness (QED) is 0.677. The Morgan fingerprint density at radius 1 is 1.14 bits per heavy atom. The number of carboxylic acid groups (broad SMARTS) is 1. The summed E-state index contributed by atoms with van der Waals surface area (Å²) in [7, 11) is -3.59. The van der Waals surface area contributed by atoms with Crippen molar-refractivity contribution in [2.45, 2.75) is 10.6 Å². The lowest BCUT2D eigenvalue weighted by Gasteiger charge is -2.07. The number of rotatable bonds is 4. The fourth-order valence-electron chi connectivity index (χ4n) is 1.75. The van der Waals surface area contributed by atoms with E-state index >= 15 is 0 Å². The van der Waals surface area contributed by atoms with Gasteiger partial charge in [-0.3, -0.25) is 0 Å². The Kier molecular flexibility index (Phi) is 5.05. The Balaban J connectivity index is 2.38. The van der Waals surface area contributed by atoms with Gasteiger partial charge in [-0.25, -0.2) is 13.2 Å². The SMILES string of the molecule is O=C(O)c1cc(S(=O)(=O)Cc2ccc(I)cc2)ccc1Br. The van der Waals surface area contributed by atoms with Gasteiger partial charge in [0.25, 0.3) is 0 Å². The summed E-state index contributed by atoms with van der Waals surface area (Å²) < 4.78 is 26.1. The van der Waals surface area contributed by atoms with Crippen molar-refractivity contribution >= 4 is 54.3 Å². The first-order valence-electron chi connectivity index (χ1n) is 5.79. The highest BCUT2D eigenvalue weighted by molar-refractivity contribution is 14.1. The van der Waals surface area contributed by atoms with Crippen LogP contribution in [-0.2, 0) is 15.6 Å². The molecule has 21 heavy (non-hydrogen) atoms. The Labute approximate surface area is 144 Å². The van der Waals surface area contributed by atoms with E-state index in [9.17, 15) is 13.2 Å². The van der Waals surface area contributed by atoms with Crippen molar-refractivity contribution in [3.8, 4) is 0 Å². The zero-order valence-electron chi connectivity index (χ0n) is 10.6. The molecule has 110 valence electrons. The molecule has 0 unspecified atom stereocenters.